The van der Waals surface area contributed by atoms with E-state index in [1.165, 1.54) is 0 Å². The highest BCUT2D eigenvalue weighted by molar-refractivity contribution is 5.73. The lowest BCUT2D eigenvalue weighted by atomic mass is 10.0. The number of carbonyl (C=O) groups is 4. The number of carbonyl (C=O) groups excluding carboxylic acids is 2. The van der Waals surface area contributed by atoms with Crippen molar-refractivity contribution in [2.45, 2.75) is 130 Å². The summed E-state index contributed by atoms with van der Waals surface area (Å²) in [5, 5.41) is 37.1. The monoisotopic (exact) mass is 561 g/mol. The predicted molar refractivity (Wildman–Crippen MR) is 145 cm³/mol. The highest BCUT2D eigenvalue weighted by Gasteiger charge is 2.39. The van der Waals surface area contributed by atoms with E-state index in [-0.39, 0.29) is 55.0 Å². The molecule has 6 N–H and O–H groups in total. The number of ether oxygens (including phenoxy) is 2. The lowest BCUT2D eigenvalue weighted by Crippen LogP contribution is -2.27. The molecule has 0 aromatic heterocycles. The van der Waals surface area contributed by atoms with Crippen LogP contribution in [0.25, 0.3) is 0 Å². The lowest BCUT2D eigenvalue weighted by molar-refractivity contribution is -0.157. The van der Waals surface area contributed by atoms with E-state index in [0.29, 0.717) is 12.8 Å². The van der Waals surface area contributed by atoms with Gasteiger partial charge in [0.15, 0.2) is 0 Å². The molecule has 228 valence electrons. The minimum Gasteiger partial charge on any atom is -0.481 e. The van der Waals surface area contributed by atoms with Gasteiger partial charge in [0.1, 0.15) is 11.2 Å². The second kappa shape index (κ2) is 14.9. The SMILES string of the molecule is CC(C)(C)N.CC(C)(C)OC(=O)C[C@H]1CC(C(=O)O)C[C@H]1O.CC(C)(C)OC(=O)C[C@H]1C[C@@H](C(=O)O)C[C@H]1O. The summed E-state index contributed by atoms with van der Waals surface area (Å²) in [6.45, 7) is 16.5. The van der Waals surface area contributed by atoms with Crippen LogP contribution in [0, 0.1) is 23.7 Å². The molecule has 11 nitrogen and oxygen atoms in total. The van der Waals surface area contributed by atoms with E-state index < -0.39 is 47.2 Å². The van der Waals surface area contributed by atoms with E-state index in [0.717, 1.165) is 0 Å². The molecule has 11 heteroatoms. The van der Waals surface area contributed by atoms with Crippen molar-refractivity contribution in [2.24, 2.45) is 29.4 Å². The molecule has 2 aliphatic carbocycles. The first-order chi connectivity index (χ1) is 17.4. The molecular weight excluding hydrogens is 510 g/mol. The first-order valence-electron chi connectivity index (χ1n) is 13.4. The third-order valence-electron chi connectivity index (χ3n) is 5.71. The van der Waals surface area contributed by atoms with Gasteiger partial charge in [0.2, 0.25) is 0 Å². The Morgan fingerprint density at radius 3 is 1.08 bits per heavy atom. The Labute approximate surface area is 232 Å². The van der Waals surface area contributed by atoms with Gasteiger partial charge in [-0.3, -0.25) is 19.2 Å². The molecule has 2 saturated carbocycles. The maximum Gasteiger partial charge on any atom is 0.306 e. The largest absolute Gasteiger partial charge is 0.481 e. The Morgan fingerprint density at radius 2 is 0.897 bits per heavy atom. The normalized spacial score (nSPS) is 26.9. The zero-order valence-electron chi connectivity index (χ0n) is 25.0. The average molecular weight is 562 g/mol. The molecule has 2 aliphatic rings. The zero-order chi connectivity index (χ0) is 30.9. The van der Waals surface area contributed by atoms with Crippen molar-refractivity contribution in [1.29, 1.82) is 0 Å². The summed E-state index contributed by atoms with van der Waals surface area (Å²) in [5.74, 6) is -4.27. The minimum atomic E-state index is -0.907. The Hall–Kier alpha value is -2.24. The van der Waals surface area contributed by atoms with Crippen molar-refractivity contribution < 1.29 is 49.1 Å². The van der Waals surface area contributed by atoms with Crippen LogP contribution in [-0.2, 0) is 28.7 Å². The molecule has 0 spiro atoms. The fourth-order valence-electron chi connectivity index (χ4n) is 4.24. The van der Waals surface area contributed by atoms with Crippen LogP contribution < -0.4 is 5.73 Å². The maximum atomic E-state index is 11.6. The van der Waals surface area contributed by atoms with Crippen LogP contribution >= 0.6 is 0 Å². The maximum absolute atomic E-state index is 11.6. The van der Waals surface area contributed by atoms with Crippen LogP contribution in [0.5, 0.6) is 0 Å². The Morgan fingerprint density at radius 1 is 0.641 bits per heavy atom. The van der Waals surface area contributed by atoms with E-state index in [1.54, 1.807) is 41.5 Å². The summed E-state index contributed by atoms with van der Waals surface area (Å²) < 4.78 is 10.3. The third-order valence-corrected chi connectivity index (χ3v) is 5.71. The molecule has 0 aliphatic heterocycles. The molecule has 39 heavy (non-hydrogen) atoms. The first-order valence-corrected chi connectivity index (χ1v) is 13.4. The van der Waals surface area contributed by atoms with Gasteiger partial charge < -0.3 is 35.6 Å². The molecule has 0 amide bonds. The van der Waals surface area contributed by atoms with Crippen molar-refractivity contribution in [3.8, 4) is 0 Å². The number of carboxylic acids is 2. The van der Waals surface area contributed by atoms with Crippen LogP contribution in [0.3, 0.4) is 0 Å². The van der Waals surface area contributed by atoms with E-state index in [1.807, 2.05) is 20.8 Å². The summed E-state index contributed by atoms with van der Waals surface area (Å²) in [7, 11) is 0. The second-order valence-electron chi connectivity index (χ2n) is 13.6. The van der Waals surface area contributed by atoms with E-state index in [9.17, 15) is 29.4 Å². The number of rotatable bonds is 6. The summed E-state index contributed by atoms with van der Waals surface area (Å²) in [5.41, 5.74) is 4.26. The van der Waals surface area contributed by atoms with Crippen molar-refractivity contribution in [3.63, 3.8) is 0 Å². The van der Waals surface area contributed by atoms with Gasteiger partial charge in [-0.2, -0.15) is 0 Å². The Kier molecular flexibility index (Phi) is 14.1. The van der Waals surface area contributed by atoms with Crippen LogP contribution in [0.2, 0.25) is 0 Å². The summed E-state index contributed by atoms with van der Waals surface area (Å²) in [4.78, 5) is 44.7. The standard InChI is InChI=1S/2C12H20O5.C4H11N/c2*1-12(2,3)17-10(14)6-7-4-8(11(15)16)5-9(7)13;1-4(2,3)5/h2*7-9,13H,4-6H2,1-3H3,(H,15,16);5H2,1-3H3/t7-,8?,9-;7-,8-,9-;/m11./s1. The van der Waals surface area contributed by atoms with Gasteiger partial charge in [-0.05, 0) is 99.8 Å². The average Bonchev–Trinajstić information content (AvgIpc) is 3.21. The van der Waals surface area contributed by atoms with Gasteiger partial charge in [0.05, 0.1) is 36.9 Å². The number of aliphatic hydroxyl groups excluding tert-OH is 2. The molecule has 0 aromatic carbocycles. The molecule has 0 aromatic rings. The number of aliphatic hydroxyl groups is 2. The number of esters is 2. The van der Waals surface area contributed by atoms with Crippen LogP contribution in [-0.4, -0.2) is 73.3 Å². The molecule has 0 bridgehead atoms. The third kappa shape index (κ3) is 17.9. The topological polar surface area (TPSA) is 194 Å². The van der Waals surface area contributed by atoms with Crippen molar-refractivity contribution in [1.82, 2.24) is 0 Å². The van der Waals surface area contributed by atoms with Gasteiger partial charge in [0.25, 0.3) is 0 Å². The van der Waals surface area contributed by atoms with Crippen molar-refractivity contribution in [2.75, 3.05) is 0 Å². The van der Waals surface area contributed by atoms with Gasteiger partial charge >= 0.3 is 23.9 Å². The van der Waals surface area contributed by atoms with Crippen LogP contribution in [0.15, 0.2) is 0 Å². The molecule has 0 heterocycles. The highest BCUT2D eigenvalue weighted by Crippen LogP contribution is 2.35. The second-order valence-corrected chi connectivity index (χ2v) is 13.6. The zero-order valence-corrected chi connectivity index (χ0v) is 25.0. The first kappa shape index (κ1) is 36.8. The summed E-state index contributed by atoms with van der Waals surface area (Å²) in [6.07, 6.45) is -0.131. The van der Waals surface area contributed by atoms with Gasteiger partial charge in [-0.1, -0.05) is 0 Å². The van der Waals surface area contributed by atoms with E-state index >= 15 is 0 Å². The molecule has 0 radical (unpaired) electrons. The van der Waals surface area contributed by atoms with E-state index in [4.69, 9.17) is 25.4 Å². The van der Waals surface area contributed by atoms with E-state index in [2.05, 4.69) is 0 Å². The molecule has 2 fully saturated rings. The molecule has 2 rings (SSSR count). The number of nitrogens with two attached hydrogens (primary N) is 1. The van der Waals surface area contributed by atoms with Crippen LogP contribution in [0.1, 0.15) is 101 Å². The quantitative estimate of drug-likeness (QED) is 0.299. The Balaban J connectivity index is 0.000000632. The predicted octanol–water partition coefficient (Wildman–Crippen LogP) is 3.12. The molecular formula is C28H51NO10. The smallest absolute Gasteiger partial charge is 0.306 e. The van der Waals surface area contributed by atoms with Gasteiger partial charge in [-0.25, -0.2) is 0 Å². The number of hydrogen-bond acceptors (Lipinski definition) is 9. The van der Waals surface area contributed by atoms with Crippen molar-refractivity contribution >= 4 is 23.9 Å². The highest BCUT2D eigenvalue weighted by atomic mass is 16.6. The van der Waals surface area contributed by atoms with Gasteiger partial charge in [-0.15, -0.1) is 0 Å². The van der Waals surface area contributed by atoms with Crippen molar-refractivity contribution in [3.05, 3.63) is 0 Å². The molecule has 0 saturated heterocycles. The number of hydrogen-bond donors (Lipinski definition) is 5. The fraction of sp³-hybridized carbons (Fsp3) is 0.857. The molecule has 1 unspecified atom stereocenters. The number of aliphatic carboxylic acids is 2. The molecule has 6 atom stereocenters. The summed E-state index contributed by atoms with van der Waals surface area (Å²) in [6, 6.07) is 0. The number of carboxylic acid groups (broad SMARTS) is 2. The minimum absolute atomic E-state index is 0. The lowest BCUT2D eigenvalue weighted by Gasteiger charge is -2.21. The summed E-state index contributed by atoms with van der Waals surface area (Å²) >= 11 is 0. The fourth-order valence-corrected chi connectivity index (χ4v) is 4.24. The van der Waals surface area contributed by atoms with Crippen LogP contribution in [0.4, 0.5) is 0 Å². The Bertz CT molecular complexity index is 754. The van der Waals surface area contributed by atoms with Gasteiger partial charge in [0, 0.05) is 5.54 Å².